The fraction of sp³-hybridized carbons (Fsp3) is 0.263. The highest BCUT2D eigenvalue weighted by molar-refractivity contribution is 7.80. The number of hydrogen-bond donors (Lipinski definition) is 3. The zero-order valence-electron chi connectivity index (χ0n) is 15.3. The number of amides is 1. The largest absolute Gasteiger partial charge is 0.495 e. The molecule has 0 bridgehead atoms. The minimum absolute atomic E-state index is 0. The zero-order valence-corrected chi connectivity index (χ0v) is 16.9. The van der Waals surface area contributed by atoms with Gasteiger partial charge in [0.05, 0.1) is 12.8 Å². The first-order chi connectivity index (χ1) is 11.7. The van der Waals surface area contributed by atoms with Crippen LogP contribution in [0.4, 0.5) is 11.4 Å². The first-order valence-corrected chi connectivity index (χ1v) is 8.28. The molecule has 2 aromatic carbocycles. The van der Waals surface area contributed by atoms with Gasteiger partial charge in [0.1, 0.15) is 5.75 Å². The lowest BCUT2D eigenvalue weighted by Gasteiger charge is -2.19. The molecule has 0 atom stereocenters. The van der Waals surface area contributed by atoms with Crippen LogP contribution in [-0.2, 0) is 5.41 Å². The van der Waals surface area contributed by atoms with E-state index in [0.717, 1.165) is 0 Å². The molecule has 5 nitrogen and oxygen atoms in total. The highest BCUT2D eigenvalue weighted by Gasteiger charge is 2.15. The topological polar surface area (TPSA) is 76.4 Å². The number of nitrogen functional groups attached to an aromatic ring is 1. The summed E-state index contributed by atoms with van der Waals surface area (Å²) in [5, 5.41) is 5.81. The Kier molecular flexibility index (Phi) is 7.41. The highest BCUT2D eigenvalue weighted by Crippen LogP contribution is 2.25. The summed E-state index contributed by atoms with van der Waals surface area (Å²) >= 11 is 5.19. The van der Waals surface area contributed by atoms with Gasteiger partial charge in [0, 0.05) is 17.3 Å². The van der Waals surface area contributed by atoms with E-state index in [1.54, 1.807) is 30.3 Å². The van der Waals surface area contributed by atoms with Crippen LogP contribution in [0.2, 0.25) is 0 Å². The monoisotopic (exact) mass is 393 g/mol. The van der Waals surface area contributed by atoms with E-state index in [1.807, 2.05) is 12.1 Å². The first kappa shape index (κ1) is 21.7. The molecule has 0 saturated heterocycles. The van der Waals surface area contributed by atoms with E-state index in [-0.39, 0.29) is 28.8 Å². The zero-order chi connectivity index (χ0) is 18.6. The van der Waals surface area contributed by atoms with Crippen molar-refractivity contribution in [3.05, 3.63) is 53.6 Å². The number of nitrogens with two attached hydrogens (primary N) is 1. The van der Waals surface area contributed by atoms with Crippen LogP contribution < -0.4 is 21.1 Å². The normalized spacial score (nSPS) is 10.5. The molecule has 0 unspecified atom stereocenters. The molecule has 0 heterocycles. The molecule has 140 valence electrons. The van der Waals surface area contributed by atoms with Gasteiger partial charge in [0.2, 0.25) is 0 Å². The maximum absolute atomic E-state index is 12.3. The Morgan fingerprint density at radius 1 is 1.12 bits per heavy atom. The summed E-state index contributed by atoms with van der Waals surface area (Å²) in [5.41, 5.74) is 8.74. The molecule has 0 fully saturated rings. The summed E-state index contributed by atoms with van der Waals surface area (Å²) < 4.78 is 5.16. The fourth-order valence-corrected chi connectivity index (χ4v) is 2.46. The Balaban J connectivity index is 0.00000338. The molecule has 2 aromatic rings. The Morgan fingerprint density at radius 3 is 2.27 bits per heavy atom. The summed E-state index contributed by atoms with van der Waals surface area (Å²) in [7, 11) is 1.54. The molecule has 0 aromatic heterocycles. The van der Waals surface area contributed by atoms with E-state index in [2.05, 4.69) is 31.4 Å². The van der Waals surface area contributed by atoms with Gasteiger partial charge in [-0.05, 0) is 47.5 Å². The van der Waals surface area contributed by atoms with E-state index >= 15 is 0 Å². The van der Waals surface area contributed by atoms with Crippen molar-refractivity contribution in [3.8, 4) is 5.75 Å². The van der Waals surface area contributed by atoms with E-state index in [0.29, 0.717) is 22.7 Å². The molecule has 0 saturated carbocycles. The average Bonchev–Trinajstić information content (AvgIpc) is 2.55. The Bertz CT molecular complexity index is 786. The quantitative estimate of drug-likeness (QED) is 0.540. The second-order valence-electron chi connectivity index (χ2n) is 6.69. The number of benzene rings is 2. The van der Waals surface area contributed by atoms with E-state index in [4.69, 9.17) is 22.7 Å². The minimum Gasteiger partial charge on any atom is -0.495 e. The van der Waals surface area contributed by atoms with E-state index < -0.39 is 0 Å². The van der Waals surface area contributed by atoms with Crippen LogP contribution in [0.1, 0.15) is 36.7 Å². The van der Waals surface area contributed by atoms with Crippen LogP contribution >= 0.6 is 24.6 Å². The SMILES string of the molecule is COc1cc(NC(=S)NC(=O)c2ccc(C(C)(C)C)cc2)ccc1N.Cl. The number of nitrogens with one attached hydrogen (secondary N) is 2. The number of halogens is 1. The Hall–Kier alpha value is -2.31. The van der Waals surface area contributed by atoms with Gasteiger partial charge in [-0.1, -0.05) is 32.9 Å². The maximum atomic E-state index is 12.3. The van der Waals surface area contributed by atoms with Gasteiger partial charge in [-0.25, -0.2) is 0 Å². The lowest BCUT2D eigenvalue weighted by Crippen LogP contribution is -2.34. The predicted octanol–water partition coefficient (Wildman–Crippen LogP) is 4.12. The van der Waals surface area contributed by atoms with Gasteiger partial charge in [0.15, 0.2) is 5.11 Å². The number of thiocarbonyl (C=S) groups is 1. The Morgan fingerprint density at radius 2 is 1.73 bits per heavy atom. The third kappa shape index (κ3) is 5.61. The number of carbonyl (C=O) groups is 1. The van der Waals surface area contributed by atoms with Crippen molar-refractivity contribution in [2.75, 3.05) is 18.2 Å². The molecule has 7 heteroatoms. The predicted molar refractivity (Wildman–Crippen MR) is 113 cm³/mol. The molecule has 0 aliphatic rings. The molecule has 1 amide bonds. The molecule has 2 rings (SSSR count). The van der Waals surface area contributed by atoms with Crippen molar-refractivity contribution < 1.29 is 9.53 Å². The molecule has 26 heavy (non-hydrogen) atoms. The van der Waals surface area contributed by atoms with Gasteiger partial charge in [-0.2, -0.15) is 0 Å². The fourth-order valence-electron chi connectivity index (χ4n) is 2.25. The number of rotatable bonds is 3. The van der Waals surface area contributed by atoms with Crippen LogP contribution in [0.5, 0.6) is 5.75 Å². The van der Waals surface area contributed by atoms with Gasteiger partial charge in [-0.15, -0.1) is 12.4 Å². The second-order valence-corrected chi connectivity index (χ2v) is 7.10. The maximum Gasteiger partial charge on any atom is 0.257 e. The van der Waals surface area contributed by atoms with E-state index in [1.165, 1.54) is 12.7 Å². The first-order valence-electron chi connectivity index (χ1n) is 7.87. The van der Waals surface area contributed by atoms with E-state index in [9.17, 15) is 4.79 Å². The molecular formula is C19H24ClN3O2S. The summed E-state index contributed by atoms with van der Waals surface area (Å²) in [6, 6.07) is 12.7. The number of methoxy groups -OCH3 is 1. The third-order valence-corrected chi connectivity index (χ3v) is 3.94. The smallest absolute Gasteiger partial charge is 0.257 e. The molecule has 0 spiro atoms. The van der Waals surface area contributed by atoms with Crippen molar-refractivity contribution in [1.82, 2.24) is 5.32 Å². The number of hydrogen-bond acceptors (Lipinski definition) is 4. The highest BCUT2D eigenvalue weighted by atomic mass is 35.5. The average molecular weight is 394 g/mol. The molecule has 4 N–H and O–H groups in total. The molecular weight excluding hydrogens is 370 g/mol. The number of ether oxygens (including phenoxy) is 1. The molecule has 0 radical (unpaired) electrons. The summed E-state index contributed by atoms with van der Waals surface area (Å²) in [6.45, 7) is 6.38. The van der Waals surface area contributed by atoms with Gasteiger partial charge >= 0.3 is 0 Å². The lowest BCUT2D eigenvalue weighted by atomic mass is 9.87. The van der Waals surface area contributed by atoms with Gasteiger partial charge in [0.25, 0.3) is 5.91 Å². The van der Waals surface area contributed by atoms with Crippen LogP contribution in [-0.4, -0.2) is 18.1 Å². The summed E-state index contributed by atoms with van der Waals surface area (Å²) in [6.07, 6.45) is 0. The van der Waals surface area contributed by atoms with Crippen LogP contribution in [0.3, 0.4) is 0 Å². The second kappa shape index (κ2) is 8.87. The number of carbonyl (C=O) groups excluding carboxylic acids is 1. The summed E-state index contributed by atoms with van der Waals surface area (Å²) in [5.74, 6) is 0.275. The van der Waals surface area contributed by atoms with Gasteiger partial charge < -0.3 is 15.8 Å². The standard InChI is InChI=1S/C19H23N3O2S.ClH/c1-19(2,3)13-7-5-12(6-8-13)17(23)22-18(25)21-14-9-10-15(20)16(11-14)24-4;/h5-11H,20H2,1-4H3,(H2,21,22,23,25);1H. The van der Waals surface area contributed by atoms with Crippen molar-refractivity contribution in [2.24, 2.45) is 0 Å². The third-order valence-electron chi connectivity index (χ3n) is 3.73. The van der Waals surface area contributed by atoms with Crippen molar-refractivity contribution in [1.29, 1.82) is 0 Å². The van der Waals surface area contributed by atoms with Crippen molar-refractivity contribution >= 4 is 47.0 Å². The minimum atomic E-state index is -0.264. The van der Waals surface area contributed by atoms with Crippen LogP contribution in [0.25, 0.3) is 0 Å². The van der Waals surface area contributed by atoms with Crippen molar-refractivity contribution in [2.45, 2.75) is 26.2 Å². The van der Waals surface area contributed by atoms with Crippen LogP contribution in [0, 0.1) is 0 Å². The summed E-state index contributed by atoms with van der Waals surface area (Å²) in [4.78, 5) is 12.3. The molecule has 0 aliphatic heterocycles. The number of anilines is 2. The molecule has 0 aliphatic carbocycles. The van der Waals surface area contributed by atoms with Crippen LogP contribution in [0.15, 0.2) is 42.5 Å². The lowest BCUT2D eigenvalue weighted by molar-refractivity contribution is 0.0977. The Labute approximate surface area is 165 Å². The van der Waals surface area contributed by atoms with Crippen molar-refractivity contribution in [3.63, 3.8) is 0 Å². The van der Waals surface area contributed by atoms with Gasteiger partial charge in [-0.3, -0.25) is 10.1 Å².